The number of hydrogen-bond acceptors (Lipinski definition) is 3. The zero-order valence-electron chi connectivity index (χ0n) is 15.8. The van der Waals surface area contributed by atoms with E-state index in [-0.39, 0.29) is 17.6 Å². The quantitative estimate of drug-likeness (QED) is 0.726. The zero-order valence-corrected chi connectivity index (χ0v) is 15.8. The molecule has 1 atom stereocenters. The van der Waals surface area contributed by atoms with Crippen LogP contribution in [-0.4, -0.2) is 11.9 Å². The molecule has 29 heavy (non-hydrogen) atoms. The van der Waals surface area contributed by atoms with Gasteiger partial charge in [-0.15, -0.1) is 0 Å². The van der Waals surface area contributed by atoms with Crippen molar-refractivity contribution in [3.63, 3.8) is 0 Å². The van der Waals surface area contributed by atoms with Crippen LogP contribution in [0.25, 0.3) is 0 Å². The van der Waals surface area contributed by atoms with Gasteiger partial charge in [0.15, 0.2) is 0 Å². The lowest BCUT2D eigenvalue weighted by Crippen LogP contribution is -2.41. The highest BCUT2D eigenvalue weighted by molar-refractivity contribution is 5.86. The number of benzene rings is 2. The lowest BCUT2D eigenvalue weighted by atomic mass is 9.94. The van der Waals surface area contributed by atoms with Crippen LogP contribution >= 0.6 is 0 Å². The van der Waals surface area contributed by atoms with E-state index in [1.807, 2.05) is 6.07 Å². The zero-order chi connectivity index (χ0) is 20.9. The fourth-order valence-corrected chi connectivity index (χ4v) is 3.53. The first-order valence-corrected chi connectivity index (χ1v) is 9.61. The monoisotopic (exact) mass is 401 g/mol. The van der Waals surface area contributed by atoms with Gasteiger partial charge in [-0.25, -0.2) is 0 Å². The molecular weight excluding hydrogens is 379 g/mol. The Morgan fingerprint density at radius 2 is 1.76 bits per heavy atom. The van der Waals surface area contributed by atoms with Gasteiger partial charge in [0.05, 0.1) is 17.2 Å². The molecule has 0 radical (unpaired) electrons. The number of anilines is 1. The van der Waals surface area contributed by atoms with Gasteiger partial charge in [0, 0.05) is 11.7 Å². The molecule has 0 aliphatic heterocycles. The van der Waals surface area contributed by atoms with Crippen LogP contribution in [0.3, 0.4) is 0 Å². The third-order valence-corrected chi connectivity index (χ3v) is 5.09. The average Bonchev–Trinajstić information content (AvgIpc) is 2.72. The molecule has 0 heterocycles. The van der Waals surface area contributed by atoms with Crippen molar-refractivity contribution >= 4 is 11.6 Å². The lowest BCUT2D eigenvalue weighted by Gasteiger charge is -2.27. The first-order chi connectivity index (χ1) is 13.9. The summed E-state index contributed by atoms with van der Waals surface area (Å²) in [7, 11) is 0. The number of nitriles is 1. The van der Waals surface area contributed by atoms with Crippen LogP contribution in [0.15, 0.2) is 48.5 Å². The van der Waals surface area contributed by atoms with Crippen LogP contribution in [0.4, 0.5) is 18.9 Å². The van der Waals surface area contributed by atoms with Crippen LogP contribution in [0.1, 0.15) is 54.8 Å². The van der Waals surface area contributed by atoms with E-state index >= 15 is 0 Å². The largest absolute Gasteiger partial charge is 0.416 e. The second kappa shape index (κ2) is 8.99. The molecule has 2 aromatic rings. The van der Waals surface area contributed by atoms with Crippen LogP contribution in [-0.2, 0) is 11.0 Å². The minimum Gasteiger partial charge on any atom is -0.370 e. The topological polar surface area (TPSA) is 64.9 Å². The molecular formula is C22H22F3N3O. The number of amides is 1. The first kappa shape index (κ1) is 20.7. The Hall–Kier alpha value is -3.01. The Bertz CT molecular complexity index is 881. The molecule has 1 fully saturated rings. The number of hydrogen-bond donors (Lipinski definition) is 2. The van der Waals surface area contributed by atoms with Gasteiger partial charge in [-0.05, 0) is 48.7 Å². The van der Waals surface area contributed by atoms with Crippen molar-refractivity contribution < 1.29 is 18.0 Å². The summed E-state index contributed by atoms with van der Waals surface area (Å²) in [6.45, 7) is 0. The summed E-state index contributed by atoms with van der Waals surface area (Å²) in [6.07, 6.45) is 0.575. The normalized spacial score (nSPS) is 15.9. The molecule has 0 spiro atoms. The van der Waals surface area contributed by atoms with Crippen molar-refractivity contribution in [2.24, 2.45) is 0 Å². The van der Waals surface area contributed by atoms with Crippen molar-refractivity contribution in [1.29, 1.82) is 5.26 Å². The number of nitrogens with zero attached hydrogens (tertiary/aromatic N) is 1. The summed E-state index contributed by atoms with van der Waals surface area (Å²) in [6, 6.07) is 12.5. The van der Waals surface area contributed by atoms with E-state index in [1.54, 1.807) is 24.3 Å². The van der Waals surface area contributed by atoms with E-state index in [2.05, 4.69) is 10.6 Å². The Kier molecular flexibility index (Phi) is 6.42. The van der Waals surface area contributed by atoms with Crippen molar-refractivity contribution in [1.82, 2.24) is 5.32 Å². The number of carbonyl (C=O) groups is 1. The Morgan fingerprint density at radius 1 is 1.07 bits per heavy atom. The predicted octanol–water partition coefficient (Wildman–Crippen LogP) is 5.18. The fourth-order valence-electron chi connectivity index (χ4n) is 3.53. The van der Waals surface area contributed by atoms with Crippen LogP contribution in [0.2, 0.25) is 0 Å². The lowest BCUT2D eigenvalue weighted by molar-refractivity contribution is -0.137. The van der Waals surface area contributed by atoms with Crippen LogP contribution < -0.4 is 10.6 Å². The number of halogens is 3. The molecule has 0 bridgehead atoms. The molecule has 2 N–H and O–H groups in total. The molecule has 152 valence electrons. The molecule has 1 saturated carbocycles. The maximum absolute atomic E-state index is 13.0. The minimum absolute atomic E-state index is 0.0699. The molecule has 2 aromatic carbocycles. The van der Waals surface area contributed by atoms with E-state index < -0.39 is 17.8 Å². The highest BCUT2D eigenvalue weighted by atomic mass is 19.4. The SMILES string of the molecule is N#Cc1ccc(C(Nc2cccc(C(F)(F)F)c2)C(=O)NC2CCCCC2)cc1. The Balaban J connectivity index is 1.85. The molecule has 1 aliphatic carbocycles. The molecule has 3 rings (SSSR count). The summed E-state index contributed by atoms with van der Waals surface area (Å²) < 4.78 is 39.1. The molecule has 0 saturated heterocycles. The fraction of sp³-hybridized carbons (Fsp3) is 0.364. The smallest absolute Gasteiger partial charge is 0.370 e. The van der Waals surface area contributed by atoms with E-state index in [0.717, 1.165) is 44.2 Å². The van der Waals surface area contributed by atoms with E-state index in [1.165, 1.54) is 12.1 Å². The van der Waals surface area contributed by atoms with Crippen molar-refractivity contribution in [3.8, 4) is 6.07 Å². The summed E-state index contributed by atoms with van der Waals surface area (Å²) in [5.74, 6) is -0.293. The summed E-state index contributed by atoms with van der Waals surface area (Å²) in [4.78, 5) is 13.0. The summed E-state index contributed by atoms with van der Waals surface area (Å²) >= 11 is 0. The molecule has 4 nitrogen and oxygen atoms in total. The first-order valence-electron chi connectivity index (χ1n) is 9.61. The predicted molar refractivity (Wildman–Crippen MR) is 104 cm³/mol. The Labute approximate surface area is 167 Å². The highest BCUT2D eigenvalue weighted by Gasteiger charge is 2.31. The second-order valence-corrected chi connectivity index (χ2v) is 7.23. The van der Waals surface area contributed by atoms with Gasteiger partial charge in [-0.1, -0.05) is 37.5 Å². The molecule has 1 unspecified atom stereocenters. The highest BCUT2D eigenvalue weighted by Crippen LogP contribution is 2.32. The van der Waals surface area contributed by atoms with Gasteiger partial charge in [0.1, 0.15) is 6.04 Å². The van der Waals surface area contributed by atoms with Gasteiger partial charge in [-0.3, -0.25) is 4.79 Å². The molecule has 0 aromatic heterocycles. The van der Waals surface area contributed by atoms with E-state index in [0.29, 0.717) is 11.1 Å². The van der Waals surface area contributed by atoms with E-state index in [4.69, 9.17) is 5.26 Å². The Morgan fingerprint density at radius 3 is 2.38 bits per heavy atom. The van der Waals surface area contributed by atoms with Gasteiger partial charge in [-0.2, -0.15) is 18.4 Å². The standard InChI is InChI=1S/C22H22F3N3O/c23-22(24,25)17-5-4-8-19(13-17)27-20(16-11-9-15(14-26)10-12-16)21(29)28-18-6-2-1-3-7-18/h4-5,8-13,18,20,27H,1-3,6-7H2,(H,28,29). The number of rotatable bonds is 5. The van der Waals surface area contributed by atoms with Gasteiger partial charge < -0.3 is 10.6 Å². The molecule has 7 heteroatoms. The molecule has 1 amide bonds. The average molecular weight is 401 g/mol. The number of alkyl halides is 3. The number of carbonyl (C=O) groups excluding carboxylic acids is 1. The van der Waals surface area contributed by atoms with Crippen molar-refractivity contribution in [2.45, 2.75) is 50.4 Å². The van der Waals surface area contributed by atoms with Gasteiger partial charge in [0.25, 0.3) is 0 Å². The number of nitrogens with one attached hydrogen (secondary N) is 2. The van der Waals surface area contributed by atoms with Crippen LogP contribution in [0, 0.1) is 11.3 Å². The minimum atomic E-state index is -4.47. The maximum atomic E-state index is 13.0. The molecule has 1 aliphatic rings. The summed E-state index contributed by atoms with van der Waals surface area (Å²) in [5, 5.41) is 14.9. The summed E-state index contributed by atoms with van der Waals surface area (Å²) in [5.41, 5.74) is 0.440. The maximum Gasteiger partial charge on any atom is 0.416 e. The second-order valence-electron chi connectivity index (χ2n) is 7.23. The van der Waals surface area contributed by atoms with Crippen LogP contribution in [0.5, 0.6) is 0 Å². The van der Waals surface area contributed by atoms with Crippen molar-refractivity contribution in [2.75, 3.05) is 5.32 Å². The van der Waals surface area contributed by atoms with Crippen molar-refractivity contribution in [3.05, 3.63) is 65.2 Å². The third kappa shape index (κ3) is 5.50. The van der Waals surface area contributed by atoms with Gasteiger partial charge >= 0.3 is 6.18 Å². The van der Waals surface area contributed by atoms with Gasteiger partial charge in [0.2, 0.25) is 5.91 Å². The van der Waals surface area contributed by atoms with E-state index in [9.17, 15) is 18.0 Å². The third-order valence-electron chi connectivity index (χ3n) is 5.09.